The molecule has 176 valence electrons. The van der Waals surface area contributed by atoms with Crippen LogP contribution in [0.5, 0.6) is 0 Å². The molecule has 0 radical (unpaired) electrons. The lowest BCUT2D eigenvalue weighted by atomic mass is 10.0. The Morgan fingerprint density at radius 2 is 1.85 bits per heavy atom. The van der Waals surface area contributed by atoms with Crippen LogP contribution in [0.15, 0.2) is 30.5 Å². The van der Waals surface area contributed by atoms with E-state index in [0.29, 0.717) is 29.1 Å². The first-order valence-corrected chi connectivity index (χ1v) is 10.9. The van der Waals surface area contributed by atoms with Crippen LogP contribution < -0.4 is 10.2 Å². The molecule has 11 heteroatoms. The Morgan fingerprint density at radius 3 is 2.65 bits per heavy atom. The summed E-state index contributed by atoms with van der Waals surface area (Å²) < 4.78 is 43.1. The number of rotatable bonds is 5. The van der Waals surface area contributed by atoms with Crippen molar-refractivity contribution >= 4 is 22.5 Å². The van der Waals surface area contributed by atoms with Gasteiger partial charge in [-0.1, -0.05) is 18.2 Å². The third-order valence-electron chi connectivity index (χ3n) is 6.05. The van der Waals surface area contributed by atoms with Crippen LogP contribution in [0.1, 0.15) is 48.0 Å². The molecule has 0 saturated heterocycles. The van der Waals surface area contributed by atoms with Crippen molar-refractivity contribution in [2.24, 2.45) is 0 Å². The second-order valence-electron chi connectivity index (χ2n) is 8.33. The van der Waals surface area contributed by atoms with Crippen LogP contribution in [0, 0.1) is 19.7 Å². The average Bonchev–Trinajstić information content (AvgIpc) is 3.18. The Bertz CT molecular complexity index is 1370. The summed E-state index contributed by atoms with van der Waals surface area (Å²) in [5.74, 6) is 2.56. The molecule has 0 unspecified atom stereocenters. The summed E-state index contributed by atoms with van der Waals surface area (Å²) in [6.45, 7) is 7.44. The number of aromatic nitrogens is 6. The van der Waals surface area contributed by atoms with Gasteiger partial charge in [0.05, 0.1) is 29.9 Å². The van der Waals surface area contributed by atoms with Crippen LogP contribution in [0.3, 0.4) is 0 Å². The molecule has 5 rings (SSSR count). The van der Waals surface area contributed by atoms with Crippen molar-refractivity contribution in [3.63, 3.8) is 0 Å². The van der Waals surface area contributed by atoms with Crippen molar-refractivity contribution in [2.75, 3.05) is 16.8 Å². The van der Waals surface area contributed by atoms with Gasteiger partial charge in [-0.15, -0.1) is 10.2 Å². The van der Waals surface area contributed by atoms with Crippen molar-refractivity contribution in [3.05, 3.63) is 64.9 Å². The number of nitrogens with zero attached hydrogens (tertiary/aromatic N) is 7. The van der Waals surface area contributed by atoms with Gasteiger partial charge in [-0.2, -0.15) is 0 Å². The highest BCUT2D eigenvalue weighted by Crippen LogP contribution is 2.31. The number of hydrogen-bond donors (Lipinski definition) is 1. The number of benzene rings is 1. The smallest absolute Gasteiger partial charge is 0.266 e. The van der Waals surface area contributed by atoms with Crippen molar-refractivity contribution in [1.82, 2.24) is 29.7 Å². The normalized spacial score (nSPS) is 14.5. The van der Waals surface area contributed by atoms with Crippen molar-refractivity contribution < 1.29 is 13.2 Å². The van der Waals surface area contributed by atoms with E-state index in [4.69, 9.17) is 0 Å². The van der Waals surface area contributed by atoms with Gasteiger partial charge in [0.25, 0.3) is 6.43 Å². The molecule has 0 saturated carbocycles. The SMILES string of the molecule is Cc1nc(N[C@H](C)c2cccc(C(F)F)c2F)c2cc(N3CCn4c(C)nnc4C3)ncc2n1. The first-order valence-electron chi connectivity index (χ1n) is 10.9. The fraction of sp³-hybridized carbons (Fsp3) is 0.348. The van der Waals surface area contributed by atoms with E-state index in [1.165, 1.54) is 12.1 Å². The van der Waals surface area contributed by atoms with E-state index in [9.17, 15) is 13.2 Å². The van der Waals surface area contributed by atoms with Crippen molar-refractivity contribution in [1.29, 1.82) is 0 Å². The third kappa shape index (κ3) is 3.91. The van der Waals surface area contributed by atoms with Gasteiger partial charge in [-0.25, -0.2) is 28.1 Å². The minimum atomic E-state index is -2.89. The maximum absolute atomic E-state index is 14.7. The molecule has 0 aliphatic carbocycles. The number of alkyl halides is 2. The van der Waals surface area contributed by atoms with E-state index >= 15 is 0 Å². The largest absolute Gasteiger partial charge is 0.363 e. The first kappa shape index (κ1) is 22.1. The van der Waals surface area contributed by atoms with E-state index < -0.39 is 23.8 Å². The molecule has 1 aromatic carbocycles. The molecule has 1 aliphatic heterocycles. The maximum atomic E-state index is 14.7. The summed E-state index contributed by atoms with van der Waals surface area (Å²) in [6.07, 6.45) is -1.21. The third-order valence-corrected chi connectivity index (χ3v) is 6.05. The van der Waals surface area contributed by atoms with Crippen LogP contribution in [-0.2, 0) is 13.1 Å². The highest BCUT2D eigenvalue weighted by Gasteiger charge is 2.23. The fourth-order valence-electron chi connectivity index (χ4n) is 4.27. The van der Waals surface area contributed by atoms with Crippen molar-refractivity contribution in [3.8, 4) is 0 Å². The van der Waals surface area contributed by atoms with Gasteiger partial charge in [-0.3, -0.25) is 0 Å². The monoisotopic (exact) mass is 468 g/mol. The van der Waals surface area contributed by atoms with Crippen LogP contribution in [0.4, 0.5) is 24.8 Å². The molecular weight excluding hydrogens is 445 g/mol. The van der Waals surface area contributed by atoms with Crippen molar-refractivity contribution in [2.45, 2.75) is 46.3 Å². The quantitative estimate of drug-likeness (QED) is 0.462. The van der Waals surface area contributed by atoms with Gasteiger partial charge >= 0.3 is 0 Å². The van der Waals surface area contributed by atoms with E-state index in [-0.39, 0.29) is 5.56 Å². The first-order chi connectivity index (χ1) is 16.3. The molecule has 4 aromatic rings. The topological polar surface area (TPSA) is 84.7 Å². The van der Waals surface area contributed by atoms with Gasteiger partial charge in [0.15, 0.2) is 5.82 Å². The Balaban J connectivity index is 1.49. The van der Waals surface area contributed by atoms with Crippen LogP contribution in [-0.4, -0.2) is 36.3 Å². The predicted molar refractivity (Wildman–Crippen MR) is 121 cm³/mol. The summed E-state index contributed by atoms with van der Waals surface area (Å²) in [5, 5.41) is 12.3. The minimum Gasteiger partial charge on any atom is -0.363 e. The lowest BCUT2D eigenvalue weighted by Crippen LogP contribution is -2.34. The zero-order chi connectivity index (χ0) is 24.0. The summed E-state index contributed by atoms with van der Waals surface area (Å²) in [5.41, 5.74) is 0.153. The van der Waals surface area contributed by atoms with Gasteiger partial charge < -0.3 is 14.8 Å². The zero-order valence-electron chi connectivity index (χ0n) is 18.9. The standard InChI is InChI=1S/C23H23F3N8/c1-12(15-5-4-6-16(21(15)24)22(25)26)28-23-17-9-19(27-10-18(17)29-13(2)30-23)33-7-8-34-14(3)31-32-20(34)11-33/h4-6,9-10,12,22H,7-8,11H2,1-3H3,(H,28,29,30)/t12-/m1/s1. The average molecular weight is 468 g/mol. The number of fused-ring (bicyclic) bond motifs is 2. The summed E-state index contributed by atoms with van der Waals surface area (Å²) >= 11 is 0. The van der Waals surface area contributed by atoms with Crippen LogP contribution >= 0.6 is 0 Å². The van der Waals surface area contributed by atoms with E-state index in [2.05, 4.69) is 39.9 Å². The predicted octanol–water partition coefficient (Wildman–Crippen LogP) is 4.50. The molecule has 0 spiro atoms. The van der Waals surface area contributed by atoms with E-state index in [0.717, 1.165) is 36.6 Å². The summed E-state index contributed by atoms with van der Waals surface area (Å²) in [6, 6.07) is 5.30. The second kappa shape index (κ2) is 8.54. The van der Waals surface area contributed by atoms with Gasteiger partial charge in [-0.05, 0) is 26.8 Å². The Labute approximate surface area is 193 Å². The fourth-order valence-corrected chi connectivity index (χ4v) is 4.27. The highest BCUT2D eigenvalue weighted by atomic mass is 19.3. The second-order valence-corrected chi connectivity index (χ2v) is 8.33. The summed E-state index contributed by atoms with van der Waals surface area (Å²) in [4.78, 5) is 15.7. The van der Waals surface area contributed by atoms with Crippen LogP contribution in [0.25, 0.3) is 10.9 Å². The molecule has 0 amide bonds. The van der Waals surface area contributed by atoms with Gasteiger partial charge in [0.2, 0.25) is 0 Å². The zero-order valence-corrected chi connectivity index (χ0v) is 18.9. The molecule has 1 aliphatic rings. The van der Waals surface area contributed by atoms with Crippen LogP contribution in [0.2, 0.25) is 0 Å². The molecule has 3 aromatic heterocycles. The molecule has 0 bridgehead atoms. The number of halogens is 3. The van der Waals surface area contributed by atoms with Gasteiger partial charge in [0.1, 0.15) is 29.1 Å². The lowest BCUT2D eigenvalue weighted by Gasteiger charge is -2.28. The summed E-state index contributed by atoms with van der Waals surface area (Å²) in [7, 11) is 0. The Hall–Kier alpha value is -3.76. The maximum Gasteiger partial charge on any atom is 0.266 e. The molecule has 1 atom stereocenters. The molecule has 1 N–H and O–H groups in total. The Morgan fingerprint density at radius 1 is 1.06 bits per heavy atom. The van der Waals surface area contributed by atoms with E-state index in [1.54, 1.807) is 20.0 Å². The molecule has 34 heavy (non-hydrogen) atoms. The van der Waals surface area contributed by atoms with Gasteiger partial charge in [0, 0.05) is 24.0 Å². The molecule has 0 fully saturated rings. The number of aryl methyl sites for hydroxylation is 2. The highest BCUT2D eigenvalue weighted by molar-refractivity contribution is 5.90. The number of anilines is 2. The molecule has 4 heterocycles. The number of nitrogens with one attached hydrogen (secondary N) is 1. The minimum absolute atomic E-state index is 0.141. The number of pyridine rings is 1. The van der Waals surface area contributed by atoms with E-state index in [1.807, 2.05) is 13.0 Å². The Kier molecular flexibility index (Phi) is 5.54. The molecular formula is C23H23F3N8. The lowest BCUT2D eigenvalue weighted by molar-refractivity contribution is 0.146. The number of hydrogen-bond acceptors (Lipinski definition) is 7. The molecule has 8 nitrogen and oxygen atoms in total.